The van der Waals surface area contributed by atoms with Crippen molar-refractivity contribution in [2.75, 3.05) is 18.2 Å². The number of ether oxygens (including phenoxy) is 1. The molecule has 1 amide bonds. The molecule has 30 heavy (non-hydrogen) atoms. The van der Waals surface area contributed by atoms with Gasteiger partial charge >= 0.3 is 0 Å². The van der Waals surface area contributed by atoms with Gasteiger partial charge in [-0.1, -0.05) is 30.0 Å². The van der Waals surface area contributed by atoms with E-state index in [-0.39, 0.29) is 17.2 Å². The van der Waals surface area contributed by atoms with Gasteiger partial charge in [0.05, 0.1) is 33.2 Å². The smallest absolute Gasteiger partial charge is 0.258 e. The fourth-order valence-electron chi connectivity index (χ4n) is 2.62. The monoisotopic (exact) mass is 615 g/mol. The lowest BCUT2D eigenvalue weighted by Crippen LogP contribution is -2.22. The molecule has 0 bridgehead atoms. The molecule has 10 heteroatoms. The van der Waals surface area contributed by atoms with Crippen molar-refractivity contribution in [3.05, 3.63) is 71.9 Å². The Hall–Kier alpha value is -1.62. The molecule has 2 aromatic carbocycles. The van der Waals surface area contributed by atoms with Crippen LogP contribution in [0.25, 0.3) is 5.69 Å². The highest BCUT2D eigenvalue weighted by Crippen LogP contribution is 2.43. The number of halogens is 3. The number of nitrogens with zero attached hydrogens (tertiary/aromatic N) is 2. The van der Waals surface area contributed by atoms with Crippen LogP contribution in [-0.2, 0) is 4.79 Å². The van der Waals surface area contributed by atoms with E-state index >= 15 is 0 Å². The summed E-state index contributed by atoms with van der Waals surface area (Å²) >= 11 is 11.6. The second-order valence-corrected chi connectivity index (χ2v) is 9.47. The number of rotatable bonds is 6. The van der Waals surface area contributed by atoms with Crippen molar-refractivity contribution >= 4 is 71.1 Å². The van der Waals surface area contributed by atoms with Crippen LogP contribution in [0, 0.1) is 6.92 Å². The van der Waals surface area contributed by atoms with Crippen LogP contribution in [-0.4, -0.2) is 28.3 Å². The maximum absolute atomic E-state index is 12.6. The van der Waals surface area contributed by atoms with Crippen LogP contribution in [0.3, 0.4) is 0 Å². The zero-order valence-electron chi connectivity index (χ0n) is 15.9. The van der Waals surface area contributed by atoms with Gasteiger partial charge in [-0.15, -0.1) is 0 Å². The van der Waals surface area contributed by atoms with E-state index in [1.54, 1.807) is 20.1 Å². The van der Waals surface area contributed by atoms with Crippen molar-refractivity contribution in [1.82, 2.24) is 9.55 Å². The molecule has 1 N–H and O–H groups in total. The van der Waals surface area contributed by atoms with Gasteiger partial charge in [0, 0.05) is 16.2 Å². The summed E-state index contributed by atoms with van der Waals surface area (Å²) in [5.41, 5.74) is 1.68. The van der Waals surface area contributed by atoms with Crippen LogP contribution in [0.15, 0.2) is 65.8 Å². The predicted molar refractivity (Wildman–Crippen MR) is 130 cm³/mol. The largest absolute Gasteiger partial charge is 0.495 e. The topological polar surface area (TPSA) is 73.2 Å². The summed E-state index contributed by atoms with van der Waals surface area (Å²) in [6.07, 6.45) is 0. The van der Waals surface area contributed by atoms with Crippen LogP contribution in [0.5, 0.6) is 5.75 Å². The van der Waals surface area contributed by atoms with Crippen LogP contribution >= 0.6 is 59.6 Å². The van der Waals surface area contributed by atoms with E-state index in [9.17, 15) is 9.59 Å². The SMILES string of the molecule is COc1cc(Br)c(NC(=O)CSc2nc(C)cc(=O)n2-c2ccccc2)c(Br)c1Br. The number of nitrogens with one attached hydrogen (secondary N) is 1. The fraction of sp³-hybridized carbons (Fsp3) is 0.150. The Morgan fingerprint density at radius 2 is 1.87 bits per heavy atom. The number of methoxy groups -OCH3 is 1. The van der Waals surface area contributed by atoms with E-state index in [2.05, 4.69) is 58.1 Å². The molecule has 0 fully saturated rings. The Labute approximate surface area is 202 Å². The minimum Gasteiger partial charge on any atom is -0.495 e. The molecular formula is C20H16Br3N3O3S. The van der Waals surface area contributed by atoms with E-state index in [1.165, 1.54) is 22.4 Å². The van der Waals surface area contributed by atoms with Crippen molar-refractivity contribution in [2.45, 2.75) is 12.1 Å². The van der Waals surface area contributed by atoms with E-state index in [0.717, 1.165) is 0 Å². The standard InChI is InChI=1S/C20H16Br3N3O3S/c1-11-8-16(28)26(12-6-4-3-5-7-12)20(24-11)30-10-15(27)25-19-13(21)9-14(29-2)17(22)18(19)23/h3-9H,10H2,1-2H3,(H,25,27). The number of para-hydroxylation sites is 1. The quantitative estimate of drug-likeness (QED) is 0.223. The molecule has 0 aliphatic heterocycles. The molecule has 0 atom stereocenters. The lowest BCUT2D eigenvalue weighted by atomic mass is 10.3. The molecule has 0 unspecified atom stereocenters. The van der Waals surface area contributed by atoms with Gasteiger partial charge in [-0.3, -0.25) is 14.2 Å². The van der Waals surface area contributed by atoms with Crippen molar-refractivity contribution < 1.29 is 9.53 Å². The van der Waals surface area contributed by atoms with E-state index < -0.39 is 0 Å². The minimum absolute atomic E-state index is 0.0747. The van der Waals surface area contributed by atoms with E-state index in [4.69, 9.17) is 4.74 Å². The van der Waals surface area contributed by atoms with Crippen molar-refractivity contribution in [1.29, 1.82) is 0 Å². The molecule has 0 radical (unpaired) electrons. The number of aryl methyl sites for hydroxylation is 1. The van der Waals surface area contributed by atoms with Crippen LogP contribution in [0.2, 0.25) is 0 Å². The van der Waals surface area contributed by atoms with Crippen LogP contribution in [0.4, 0.5) is 5.69 Å². The third kappa shape index (κ3) is 5.16. The molecule has 0 aliphatic rings. The molecule has 3 rings (SSSR count). The number of hydrogen-bond acceptors (Lipinski definition) is 5. The van der Waals surface area contributed by atoms with Gasteiger partial charge in [-0.05, 0) is 72.9 Å². The number of carbonyl (C=O) groups excluding carboxylic acids is 1. The van der Waals surface area contributed by atoms with Gasteiger partial charge < -0.3 is 10.1 Å². The lowest BCUT2D eigenvalue weighted by Gasteiger charge is -2.15. The highest BCUT2D eigenvalue weighted by Gasteiger charge is 2.17. The molecule has 0 saturated carbocycles. The second-order valence-electron chi connectivity index (χ2n) is 6.09. The van der Waals surface area contributed by atoms with Crippen molar-refractivity contribution in [3.8, 4) is 11.4 Å². The van der Waals surface area contributed by atoms with Crippen LogP contribution in [0.1, 0.15) is 5.69 Å². The van der Waals surface area contributed by atoms with Crippen molar-refractivity contribution in [3.63, 3.8) is 0 Å². The van der Waals surface area contributed by atoms with Crippen molar-refractivity contribution in [2.24, 2.45) is 0 Å². The first-order valence-corrected chi connectivity index (χ1v) is 12.0. The zero-order valence-corrected chi connectivity index (χ0v) is 21.5. The molecule has 0 spiro atoms. The van der Waals surface area contributed by atoms with Gasteiger partial charge in [0.15, 0.2) is 5.16 Å². The summed E-state index contributed by atoms with van der Waals surface area (Å²) in [4.78, 5) is 29.7. The second kappa shape index (κ2) is 10.1. The maximum Gasteiger partial charge on any atom is 0.258 e. The fourth-order valence-corrected chi connectivity index (χ4v) is 5.24. The Morgan fingerprint density at radius 3 is 2.53 bits per heavy atom. The summed E-state index contributed by atoms with van der Waals surface area (Å²) in [6, 6.07) is 12.4. The number of carbonyl (C=O) groups is 1. The lowest BCUT2D eigenvalue weighted by molar-refractivity contribution is -0.113. The Bertz CT molecular complexity index is 1150. The molecular weight excluding hydrogens is 602 g/mol. The Kier molecular flexibility index (Phi) is 7.78. The summed E-state index contributed by atoms with van der Waals surface area (Å²) < 4.78 is 8.80. The molecule has 6 nitrogen and oxygen atoms in total. The summed E-state index contributed by atoms with van der Waals surface area (Å²) in [7, 11) is 1.56. The number of benzene rings is 2. The zero-order chi connectivity index (χ0) is 21.8. The highest BCUT2D eigenvalue weighted by atomic mass is 79.9. The third-order valence-electron chi connectivity index (χ3n) is 3.97. The Morgan fingerprint density at radius 1 is 1.17 bits per heavy atom. The number of amides is 1. The number of aromatic nitrogens is 2. The van der Waals surface area contributed by atoms with Gasteiger partial charge in [-0.25, -0.2) is 4.98 Å². The molecule has 156 valence electrons. The maximum atomic E-state index is 12.6. The highest BCUT2D eigenvalue weighted by molar-refractivity contribution is 9.13. The van der Waals surface area contributed by atoms with Gasteiger partial charge in [0.25, 0.3) is 5.56 Å². The molecule has 1 heterocycles. The summed E-state index contributed by atoms with van der Waals surface area (Å²) in [6.45, 7) is 1.75. The number of hydrogen-bond donors (Lipinski definition) is 1. The average molecular weight is 618 g/mol. The van der Waals surface area contributed by atoms with Crippen LogP contribution < -0.4 is 15.6 Å². The molecule has 1 aromatic heterocycles. The number of anilines is 1. The van der Waals surface area contributed by atoms with Gasteiger partial charge in [0.2, 0.25) is 5.91 Å². The number of thioether (sulfide) groups is 1. The summed E-state index contributed by atoms with van der Waals surface area (Å²) in [5.74, 6) is 0.455. The normalized spacial score (nSPS) is 10.7. The predicted octanol–water partition coefficient (Wildman–Crippen LogP) is 5.57. The minimum atomic E-state index is -0.242. The summed E-state index contributed by atoms with van der Waals surface area (Å²) in [5, 5.41) is 3.33. The molecule has 0 saturated heterocycles. The van der Waals surface area contributed by atoms with E-state index in [0.29, 0.717) is 41.4 Å². The first-order chi connectivity index (χ1) is 14.3. The third-order valence-corrected chi connectivity index (χ3v) is 7.65. The Balaban J connectivity index is 1.83. The van der Waals surface area contributed by atoms with Gasteiger partial charge in [-0.2, -0.15) is 0 Å². The molecule has 3 aromatic rings. The average Bonchev–Trinajstić information content (AvgIpc) is 2.72. The first kappa shape index (κ1) is 23.1. The van der Waals surface area contributed by atoms with Gasteiger partial charge in [0.1, 0.15) is 5.75 Å². The first-order valence-electron chi connectivity index (χ1n) is 8.62. The van der Waals surface area contributed by atoms with E-state index in [1.807, 2.05) is 30.3 Å². The molecule has 0 aliphatic carbocycles.